The predicted molar refractivity (Wildman–Crippen MR) is 64.0 cm³/mol. The third kappa shape index (κ3) is 2.87. The fourth-order valence-corrected chi connectivity index (χ4v) is 1.86. The van der Waals surface area contributed by atoms with Crippen molar-refractivity contribution < 1.29 is 10.2 Å². The molecule has 0 aliphatic rings. The molecule has 0 amide bonds. The minimum atomic E-state index is -1.00. The Bertz CT molecular complexity index is 322. The lowest BCUT2D eigenvalue weighted by molar-refractivity contribution is 0.0338. The molecule has 1 rings (SSSR count). The zero-order valence-corrected chi connectivity index (χ0v) is 10.4. The van der Waals surface area contributed by atoms with Crippen LogP contribution in [-0.2, 0) is 0 Å². The zero-order valence-electron chi connectivity index (χ0n) is 7.19. The van der Waals surface area contributed by atoms with E-state index in [0.29, 0.717) is 10.6 Å². The summed E-state index contributed by atoms with van der Waals surface area (Å²) in [5.74, 6) is 0.185. The van der Waals surface area contributed by atoms with Gasteiger partial charge in [-0.1, -0.05) is 27.5 Å². The summed E-state index contributed by atoms with van der Waals surface area (Å²) in [6, 6.07) is 5.11. The molecule has 0 saturated carbocycles. The number of aliphatic hydroxyl groups excluding tert-OH is 2. The van der Waals surface area contributed by atoms with Gasteiger partial charge in [0.1, 0.15) is 6.10 Å². The second-order valence-electron chi connectivity index (χ2n) is 2.86. The topological polar surface area (TPSA) is 40.5 Å². The first-order chi connectivity index (χ1) is 6.56. The molecule has 14 heavy (non-hydrogen) atoms. The van der Waals surface area contributed by atoms with Gasteiger partial charge >= 0.3 is 0 Å². The Morgan fingerprint density at radius 1 is 1.43 bits per heavy atom. The Hall–Kier alpha value is 0.260. The van der Waals surface area contributed by atoms with E-state index < -0.39 is 12.2 Å². The molecule has 78 valence electrons. The van der Waals surface area contributed by atoms with Gasteiger partial charge in [-0.2, -0.15) is 12.6 Å². The van der Waals surface area contributed by atoms with Crippen LogP contribution < -0.4 is 0 Å². The number of hydrogen-bond acceptors (Lipinski definition) is 3. The number of rotatable bonds is 3. The van der Waals surface area contributed by atoms with Crippen molar-refractivity contribution in [2.75, 3.05) is 5.75 Å². The summed E-state index contributed by atoms with van der Waals surface area (Å²) >= 11 is 13.0. The molecule has 1 aromatic carbocycles. The van der Waals surface area contributed by atoms with E-state index in [-0.39, 0.29) is 5.75 Å². The summed E-state index contributed by atoms with van der Waals surface area (Å²) in [5.41, 5.74) is 0.502. The van der Waals surface area contributed by atoms with Gasteiger partial charge in [-0.05, 0) is 18.2 Å². The van der Waals surface area contributed by atoms with Gasteiger partial charge in [0, 0.05) is 20.8 Å². The lowest BCUT2D eigenvalue weighted by atomic mass is 10.1. The van der Waals surface area contributed by atoms with Crippen molar-refractivity contribution in [2.45, 2.75) is 12.2 Å². The number of benzene rings is 1. The molecule has 2 atom stereocenters. The summed E-state index contributed by atoms with van der Waals surface area (Å²) in [7, 11) is 0. The van der Waals surface area contributed by atoms with Crippen LogP contribution in [0.15, 0.2) is 22.7 Å². The molecule has 2 N–H and O–H groups in total. The van der Waals surface area contributed by atoms with Crippen LogP contribution in [0.4, 0.5) is 0 Å². The molecule has 2 unspecified atom stereocenters. The maximum absolute atomic E-state index is 9.69. The van der Waals surface area contributed by atoms with Gasteiger partial charge in [-0.3, -0.25) is 0 Å². The molecule has 0 saturated heterocycles. The average molecular weight is 298 g/mol. The number of hydrogen-bond donors (Lipinski definition) is 3. The van der Waals surface area contributed by atoms with Crippen molar-refractivity contribution in [1.82, 2.24) is 0 Å². The molecule has 0 aromatic heterocycles. The van der Waals surface area contributed by atoms with Crippen LogP contribution in [0.1, 0.15) is 11.7 Å². The van der Waals surface area contributed by atoms with E-state index in [1.807, 2.05) is 0 Å². The quantitative estimate of drug-likeness (QED) is 0.750. The monoisotopic (exact) mass is 296 g/mol. The molecule has 0 aliphatic heterocycles. The van der Waals surface area contributed by atoms with Gasteiger partial charge in [0.05, 0.1) is 6.10 Å². The molecular formula is C9H10BrClO2S. The number of thiol groups is 1. The SMILES string of the molecule is OC(CS)C(O)c1cc(Br)ccc1Cl. The fourth-order valence-electron chi connectivity index (χ4n) is 1.05. The van der Waals surface area contributed by atoms with E-state index in [2.05, 4.69) is 28.6 Å². The Balaban J connectivity index is 2.99. The third-order valence-electron chi connectivity index (χ3n) is 1.83. The Labute approximate surface area is 101 Å². The van der Waals surface area contributed by atoms with E-state index in [9.17, 15) is 10.2 Å². The van der Waals surface area contributed by atoms with Gasteiger partial charge in [0.2, 0.25) is 0 Å². The van der Waals surface area contributed by atoms with Crippen LogP contribution in [-0.4, -0.2) is 22.1 Å². The zero-order chi connectivity index (χ0) is 10.7. The van der Waals surface area contributed by atoms with Gasteiger partial charge in [0.25, 0.3) is 0 Å². The second kappa shape index (κ2) is 5.37. The van der Waals surface area contributed by atoms with Crippen molar-refractivity contribution in [3.63, 3.8) is 0 Å². The van der Waals surface area contributed by atoms with Crippen LogP contribution in [0.5, 0.6) is 0 Å². The molecule has 2 nitrogen and oxygen atoms in total. The molecule has 0 radical (unpaired) electrons. The molecule has 0 aliphatic carbocycles. The lowest BCUT2D eigenvalue weighted by Crippen LogP contribution is -2.20. The summed E-state index contributed by atoms with van der Waals surface area (Å²) in [5, 5.41) is 19.5. The maximum atomic E-state index is 9.69. The first-order valence-electron chi connectivity index (χ1n) is 3.98. The van der Waals surface area contributed by atoms with Gasteiger partial charge < -0.3 is 10.2 Å². The molecular weight excluding hydrogens is 288 g/mol. The van der Waals surface area contributed by atoms with E-state index in [4.69, 9.17) is 11.6 Å². The third-order valence-corrected chi connectivity index (χ3v) is 3.04. The highest BCUT2D eigenvalue weighted by molar-refractivity contribution is 9.10. The van der Waals surface area contributed by atoms with Crippen molar-refractivity contribution in [3.8, 4) is 0 Å². The Morgan fingerprint density at radius 2 is 2.07 bits per heavy atom. The van der Waals surface area contributed by atoms with E-state index in [0.717, 1.165) is 4.47 Å². The average Bonchev–Trinajstić information content (AvgIpc) is 2.19. The standard InChI is InChI=1S/C9H10BrClO2S/c10-5-1-2-7(11)6(3-5)9(13)8(12)4-14/h1-3,8-9,12-14H,4H2. The molecule has 0 bridgehead atoms. The van der Waals surface area contributed by atoms with Crippen LogP contribution in [0.2, 0.25) is 5.02 Å². The largest absolute Gasteiger partial charge is 0.389 e. The lowest BCUT2D eigenvalue weighted by Gasteiger charge is -2.17. The molecule has 0 spiro atoms. The highest BCUT2D eigenvalue weighted by Gasteiger charge is 2.19. The maximum Gasteiger partial charge on any atom is 0.107 e. The Kier molecular flexibility index (Phi) is 4.73. The van der Waals surface area contributed by atoms with Crippen LogP contribution in [0, 0.1) is 0 Å². The normalized spacial score (nSPS) is 15.2. The minimum Gasteiger partial charge on any atom is -0.389 e. The van der Waals surface area contributed by atoms with Crippen molar-refractivity contribution in [2.24, 2.45) is 0 Å². The first kappa shape index (κ1) is 12.3. The minimum absolute atomic E-state index is 0.185. The van der Waals surface area contributed by atoms with E-state index in [1.165, 1.54) is 0 Å². The second-order valence-corrected chi connectivity index (χ2v) is 4.55. The highest BCUT2D eigenvalue weighted by atomic mass is 79.9. The molecule has 1 aromatic rings. The van der Waals surface area contributed by atoms with Crippen molar-refractivity contribution in [1.29, 1.82) is 0 Å². The van der Waals surface area contributed by atoms with Crippen molar-refractivity contribution in [3.05, 3.63) is 33.3 Å². The van der Waals surface area contributed by atoms with Crippen LogP contribution >= 0.6 is 40.2 Å². The molecule has 5 heteroatoms. The van der Waals surface area contributed by atoms with Crippen molar-refractivity contribution >= 4 is 40.2 Å². The summed E-state index contributed by atoms with van der Waals surface area (Å²) in [4.78, 5) is 0. The molecule has 0 heterocycles. The number of halogens is 2. The fraction of sp³-hybridized carbons (Fsp3) is 0.333. The van der Waals surface area contributed by atoms with Crippen LogP contribution in [0.25, 0.3) is 0 Å². The van der Waals surface area contributed by atoms with Gasteiger partial charge in [-0.25, -0.2) is 0 Å². The van der Waals surface area contributed by atoms with Gasteiger partial charge in [0.15, 0.2) is 0 Å². The van der Waals surface area contributed by atoms with Crippen LogP contribution in [0.3, 0.4) is 0 Å². The van der Waals surface area contributed by atoms with E-state index >= 15 is 0 Å². The smallest absolute Gasteiger partial charge is 0.107 e. The first-order valence-corrected chi connectivity index (χ1v) is 5.78. The number of aliphatic hydroxyl groups is 2. The summed E-state index contributed by atoms with van der Waals surface area (Å²) in [6.45, 7) is 0. The van der Waals surface area contributed by atoms with Gasteiger partial charge in [-0.15, -0.1) is 0 Å². The molecule has 0 fully saturated rings. The summed E-state index contributed by atoms with van der Waals surface area (Å²) in [6.07, 6.45) is -1.91. The Morgan fingerprint density at radius 3 is 2.64 bits per heavy atom. The predicted octanol–water partition coefficient (Wildman–Crippen LogP) is 2.43. The van der Waals surface area contributed by atoms with E-state index in [1.54, 1.807) is 18.2 Å². The highest BCUT2D eigenvalue weighted by Crippen LogP contribution is 2.28. The summed E-state index contributed by atoms with van der Waals surface area (Å²) < 4.78 is 0.808.